The SMILES string of the molecule is C.O[SiH3].[O]=[V]. The molecule has 0 amide bonds. The van der Waals surface area contributed by atoms with Crippen LogP contribution in [0.1, 0.15) is 7.43 Å². The summed E-state index contributed by atoms with van der Waals surface area (Å²) in [6.45, 7) is 0. The van der Waals surface area contributed by atoms with E-state index in [0.29, 0.717) is 10.5 Å². The van der Waals surface area contributed by atoms with Gasteiger partial charge in [0.25, 0.3) is 0 Å². The Morgan fingerprint density at radius 1 is 1.40 bits per heavy atom. The first kappa shape index (κ1) is 17.6. The summed E-state index contributed by atoms with van der Waals surface area (Å²) >= 11 is 1.06. The normalized spacial score (nSPS) is 2.40. The average molecular weight is 131 g/mol. The van der Waals surface area contributed by atoms with E-state index in [-0.39, 0.29) is 7.43 Å². The zero-order valence-electron chi connectivity index (χ0n) is 2.30. The van der Waals surface area contributed by atoms with Crippen molar-refractivity contribution >= 4 is 10.5 Å². The van der Waals surface area contributed by atoms with Gasteiger partial charge in [0.1, 0.15) is 10.5 Å². The minimum atomic E-state index is 0. The van der Waals surface area contributed by atoms with Gasteiger partial charge in [0.15, 0.2) is 0 Å². The molecule has 0 aliphatic rings. The molecular formula is CH8O2SiV. The van der Waals surface area contributed by atoms with Crippen LogP contribution in [0.2, 0.25) is 0 Å². The molecule has 2 nitrogen and oxygen atoms in total. The van der Waals surface area contributed by atoms with Crippen molar-refractivity contribution in [2.75, 3.05) is 0 Å². The molecule has 0 aliphatic heterocycles. The fourth-order valence-corrected chi connectivity index (χ4v) is 0. The molecule has 0 heterocycles. The monoisotopic (exact) mass is 131 g/mol. The van der Waals surface area contributed by atoms with Crippen molar-refractivity contribution < 1.29 is 25.8 Å². The van der Waals surface area contributed by atoms with Crippen molar-refractivity contribution in [2.45, 2.75) is 7.43 Å². The molecule has 0 radical (unpaired) electrons. The van der Waals surface area contributed by atoms with E-state index in [0.717, 1.165) is 17.4 Å². The van der Waals surface area contributed by atoms with E-state index in [1.807, 2.05) is 0 Å². The second-order valence-corrected chi connectivity index (χ2v) is 0. The van der Waals surface area contributed by atoms with Gasteiger partial charge in [0.2, 0.25) is 0 Å². The summed E-state index contributed by atoms with van der Waals surface area (Å²) < 4.78 is 8.19. The Kier molecular flexibility index (Phi) is 648. The van der Waals surface area contributed by atoms with Gasteiger partial charge in [-0.3, -0.25) is 0 Å². The van der Waals surface area contributed by atoms with Crippen LogP contribution in [0.3, 0.4) is 0 Å². The van der Waals surface area contributed by atoms with Gasteiger partial charge in [0.05, 0.1) is 0 Å². The Morgan fingerprint density at radius 3 is 1.40 bits per heavy atom. The first-order valence-electron chi connectivity index (χ1n) is 0.630. The fraction of sp³-hybridized carbons (Fsp3) is 1.00. The fourth-order valence-electron chi connectivity index (χ4n) is 0. The predicted octanol–water partition coefficient (Wildman–Crippen LogP) is -1.23. The first-order valence-corrected chi connectivity index (χ1v) is 2.09. The van der Waals surface area contributed by atoms with Crippen LogP contribution in [0.4, 0.5) is 0 Å². The second kappa shape index (κ2) is 184. The molecule has 5 heavy (non-hydrogen) atoms. The van der Waals surface area contributed by atoms with E-state index in [1.165, 1.54) is 0 Å². The quantitative estimate of drug-likeness (QED) is 0.418. The zero-order chi connectivity index (χ0) is 4.00. The molecular weight excluding hydrogens is 123 g/mol. The van der Waals surface area contributed by atoms with Crippen molar-refractivity contribution in [3.63, 3.8) is 0 Å². The van der Waals surface area contributed by atoms with Gasteiger partial charge >= 0.3 is 21.0 Å². The van der Waals surface area contributed by atoms with E-state index >= 15 is 0 Å². The molecule has 1 N–H and O–H groups in total. The molecule has 0 fully saturated rings. The topological polar surface area (TPSA) is 37.3 Å². The maximum atomic E-state index is 8.19. The van der Waals surface area contributed by atoms with Gasteiger partial charge in [-0.25, -0.2) is 0 Å². The standard InChI is InChI=1S/CH4.H4OSi.O.V/c;1-2;;/h1H4;1H,2H3;;. The Bertz CT molecular complexity index is 9.61. The zero-order valence-corrected chi connectivity index (χ0v) is 5.70. The summed E-state index contributed by atoms with van der Waals surface area (Å²) in [5.41, 5.74) is 0. The van der Waals surface area contributed by atoms with Gasteiger partial charge in [0, 0.05) is 0 Å². The van der Waals surface area contributed by atoms with E-state index < -0.39 is 0 Å². The van der Waals surface area contributed by atoms with Crippen molar-refractivity contribution in [2.24, 2.45) is 0 Å². The molecule has 0 aliphatic carbocycles. The van der Waals surface area contributed by atoms with Crippen LogP contribution in [0.15, 0.2) is 0 Å². The van der Waals surface area contributed by atoms with Crippen LogP contribution in [0.25, 0.3) is 0 Å². The molecule has 0 rings (SSSR count). The van der Waals surface area contributed by atoms with Crippen LogP contribution in [-0.2, 0) is 21.0 Å². The third kappa shape index (κ3) is 95.0. The van der Waals surface area contributed by atoms with Crippen LogP contribution >= 0.6 is 0 Å². The molecule has 4 heteroatoms. The van der Waals surface area contributed by atoms with Gasteiger partial charge in [-0.15, -0.1) is 0 Å². The maximum absolute atomic E-state index is 8.19. The predicted molar refractivity (Wildman–Crippen MR) is 19.6 cm³/mol. The van der Waals surface area contributed by atoms with E-state index in [1.54, 1.807) is 0 Å². The third-order valence-corrected chi connectivity index (χ3v) is 0. The Labute approximate surface area is 44.3 Å². The molecule has 0 unspecified atom stereocenters. The van der Waals surface area contributed by atoms with Gasteiger partial charge in [-0.05, 0) is 0 Å². The van der Waals surface area contributed by atoms with E-state index in [4.69, 9.17) is 8.47 Å². The van der Waals surface area contributed by atoms with Gasteiger partial charge < -0.3 is 4.80 Å². The summed E-state index contributed by atoms with van der Waals surface area (Å²) in [4.78, 5) is 7.14. The van der Waals surface area contributed by atoms with Crippen LogP contribution < -0.4 is 0 Å². The van der Waals surface area contributed by atoms with E-state index in [2.05, 4.69) is 0 Å². The number of hydrogen-bond donors (Lipinski definition) is 1. The molecule has 0 bridgehead atoms. The minimum absolute atomic E-state index is 0. The summed E-state index contributed by atoms with van der Waals surface area (Å²) in [5, 5.41) is 0. The van der Waals surface area contributed by atoms with Crippen molar-refractivity contribution in [1.29, 1.82) is 0 Å². The van der Waals surface area contributed by atoms with E-state index in [9.17, 15) is 0 Å². The third-order valence-electron chi connectivity index (χ3n) is 0. The number of rotatable bonds is 0. The molecule has 0 saturated heterocycles. The molecule has 0 saturated carbocycles. The van der Waals surface area contributed by atoms with Crippen LogP contribution in [-0.4, -0.2) is 15.3 Å². The first-order chi connectivity index (χ1) is 2.00. The van der Waals surface area contributed by atoms with Gasteiger partial charge in [-0.1, -0.05) is 7.43 Å². The molecule has 33 valence electrons. The number of hydrogen-bond acceptors (Lipinski definition) is 2. The Hall–Kier alpha value is 0.561. The van der Waals surface area contributed by atoms with Crippen LogP contribution in [0, 0.1) is 0 Å². The molecule has 0 spiro atoms. The molecule has 0 aromatic heterocycles. The van der Waals surface area contributed by atoms with Gasteiger partial charge in [-0.2, -0.15) is 0 Å². The Morgan fingerprint density at radius 2 is 1.40 bits per heavy atom. The summed E-state index contributed by atoms with van der Waals surface area (Å²) in [6.07, 6.45) is 0. The molecule has 0 atom stereocenters. The average Bonchev–Trinajstić information content (AvgIpc) is 1.50. The molecule has 0 aromatic carbocycles. The van der Waals surface area contributed by atoms with Crippen LogP contribution in [0.5, 0.6) is 0 Å². The van der Waals surface area contributed by atoms with Crippen molar-refractivity contribution in [3.05, 3.63) is 0 Å². The molecule has 0 aromatic rings. The summed E-state index contributed by atoms with van der Waals surface area (Å²) in [6, 6.07) is 0. The van der Waals surface area contributed by atoms with Crippen molar-refractivity contribution in [1.82, 2.24) is 0 Å². The Balaban J connectivity index is -0.0000000133. The summed E-state index contributed by atoms with van der Waals surface area (Å²) in [5.74, 6) is 0. The van der Waals surface area contributed by atoms with Crippen molar-refractivity contribution in [3.8, 4) is 0 Å². The summed E-state index contributed by atoms with van der Waals surface area (Å²) in [7, 11) is 0.306. The second-order valence-electron chi connectivity index (χ2n) is 0.